The Bertz CT molecular complexity index is 754. The zero-order chi connectivity index (χ0) is 17.3. The molecule has 0 radical (unpaired) electrons. The van der Waals surface area contributed by atoms with Gasteiger partial charge >= 0.3 is 5.97 Å². The molecule has 1 heterocycles. The number of nitrogens with two attached hydrogens (primary N) is 1. The quantitative estimate of drug-likeness (QED) is 0.492. The number of allylic oxidation sites excluding steroid dienone is 1. The molecular formula is C19H22N2O2. The Labute approximate surface area is 137 Å². The van der Waals surface area contributed by atoms with Crippen LogP contribution in [0.5, 0.6) is 0 Å². The third-order valence-electron chi connectivity index (χ3n) is 3.23. The Morgan fingerprint density at radius 1 is 1.26 bits per heavy atom. The molecular weight excluding hydrogens is 288 g/mol. The molecule has 0 atom stereocenters. The van der Waals surface area contributed by atoms with Crippen LogP contribution in [0.4, 0.5) is 5.69 Å². The van der Waals surface area contributed by atoms with Crippen LogP contribution in [0, 0.1) is 11.8 Å². The number of nitrogen functional groups attached to an aromatic ring is 1. The van der Waals surface area contributed by atoms with Crippen molar-refractivity contribution in [3.8, 4) is 11.8 Å². The monoisotopic (exact) mass is 310 g/mol. The highest BCUT2D eigenvalue weighted by atomic mass is 16.6. The number of hydrogen-bond acceptors (Lipinski definition) is 4. The molecule has 0 aromatic heterocycles. The minimum atomic E-state index is -0.637. The van der Waals surface area contributed by atoms with Crippen molar-refractivity contribution in [1.82, 2.24) is 0 Å². The minimum Gasteiger partial charge on any atom is -0.457 e. The summed E-state index contributed by atoms with van der Waals surface area (Å²) in [6.07, 6.45) is 1.64. The zero-order valence-corrected chi connectivity index (χ0v) is 14.2. The van der Waals surface area contributed by atoms with Gasteiger partial charge in [0.15, 0.2) is 0 Å². The highest BCUT2D eigenvalue weighted by molar-refractivity contribution is 6.04. The van der Waals surface area contributed by atoms with Crippen LogP contribution in [0.25, 0.3) is 0 Å². The van der Waals surface area contributed by atoms with Crippen molar-refractivity contribution < 1.29 is 9.53 Å². The Balaban J connectivity index is 2.39. The maximum atomic E-state index is 12.5. The van der Waals surface area contributed by atoms with Crippen molar-refractivity contribution in [3.63, 3.8) is 0 Å². The number of esters is 1. The number of benzene rings is 1. The van der Waals surface area contributed by atoms with E-state index in [1.165, 1.54) is 0 Å². The fraction of sp³-hybridized carbons (Fsp3) is 0.368. The lowest BCUT2D eigenvalue weighted by Crippen LogP contribution is -2.31. The van der Waals surface area contributed by atoms with Crippen LogP contribution in [0.2, 0.25) is 0 Å². The number of hydrogen-bond donors (Lipinski definition) is 1. The second-order valence-corrected chi connectivity index (χ2v) is 6.98. The third kappa shape index (κ3) is 4.23. The van der Waals surface area contributed by atoms with Gasteiger partial charge in [0, 0.05) is 17.5 Å². The van der Waals surface area contributed by atoms with Crippen molar-refractivity contribution in [2.24, 2.45) is 4.99 Å². The molecule has 1 aromatic rings. The molecule has 23 heavy (non-hydrogen) atoms. The topological polar surface area (TPSA) is 64.7 Å². The van der Waals surface area contributed by atoms with Gasteiger partial charge in [-0.3, -0.25) is 4.99 Å². The van der Waals surface area contributed by atoms with Gasteiger partial charge in [-0.2, -0.15) is 0 Å². The molecule has 4 nitrogen and oxygen atoms in total. The molecule has 4 heteroatoms. The fourth-order valence-electron chi connectivity index (χ4n) is 2.22. The standard InChI is InChI=1S/C19H22N2O2/c1-18(2,3)23-17(22)16-14(12-21-19(16,4)5)10-9-13-7-6-8-15(20)11-13/h6-8,11-12H,20H2,1-5H3. The number of anilines is 1. The summed E-state index contributed by atoms with van der Waals surface area (Å²) >= 11 is 0. The highest BCUT2D eigenvalue weighted by Crippen LogP contribution is 2.30. The molecule has 1 aliphatic heterocycles. The fourth-order valence-corrected chi connectivity index (χ4v) is 2.22. The highest BCUT2D eigenvalue weighted by Gasteiger charge is 2.36. The third-order valence-corrected chi connectivity index (χ3v) is 3.23. The summed E-state index contributed by atoms with van der Waals surface area (Å²) in [5, 5.41) is 0. The van der Waals surface area contributed by atoms with Gasteiger partial charge in [0.2, 0.25) is 0 Å². The molecule has 0 saturated heterocycles. The Hall–Kier alpha value is -2.54. The van der Waals surface area contributed by atoms with E-state index in [1.807, 2.05) is 46.8 Å². The van der Waals surface area contributed by atoms with Gasteiger partial charge in [-0.15, -0.1) is 0 Å². The van der Waals surface area contributed by atoms with E-state index < -0.39 is 11.1 Å². The second kappa shape index (κ2) is 5.92. The summed E-state index contributed by atoms with van der Waals surface area (Å²) in [4.78, 5) is 16.9. The van der Waals surface area contributed by atoms with Gasteiger partial charge in [0.1, 0.15) is 5.60 Å². The van der Waals surface area contributed by atoms with Crippen LogP contribution >= 0.6 is 0 Å². The normalized spacial score (nSPS) is 16.0. The van der Waals surface area contributed by atoms with Gasteiger partial charge in [-0.1, -0.05) is 17.9 Å². The molecule has 120 valence electrons. The lowest BCUT2D eigenvalue weighted by molar-refractivity contribution is -0.150. The van der Waals surface area contributed by atoms with Gasteiger partial charge in [0.05, 0.1) is 16.7 Å². The van der Waals surface area contributed by atoms with Gasteiger partial charge in [-0.05, 0) is 52.8 Å². The molecule has 0 saturated carbocycles. The first kappa shape index (κ1) is 16.8. The van der Waals surface area contributed by atoms with E-state index in [9.17, 15) is 4.79 Å². The lowest BCUT2D eigenvalue weighted by atomic mass is 9.93. The van der Waals surface area contributed by atoms with E-state index in [1.54, 1.807) is 18.3 Å². The number of carbonyl (C=O) groups excluding carboxylic acids is 1. The number of rotatable bonds is 1. The smallest absolute Gasteiger partial charge is 0.338 e. The van der Waals surface area contributed by atoms with Crippen LogP contribution in [0.3, 0.4) is 0 Å². The van der Waals surface area contributed by atoms with Crippen LogP contribution in [0.1, 0.15) is 40.2 Å². The van der Waals surface area contributed by atoms with Crippen molar-refractivity contribution in [2.45, 2.75) is 45.8 Å². The summed E-state index contributed by atoms with van der Waals surface area (Å²) in [7, 11) is 0. The molecule has 0 aliphatic carbocycles. The summed E-state index contributed by atoms with van der Waals surface area (Å²) in [6, 6.07) is 7.30. The molecule has 2 N–H and O–H groups in total. The Kier molecular flexibility index (Phi) is 4.33. The molecule has 0 fully saturated rings. The summed E-state index contributed by atoms with van der Waals surface area (Å²) in [5.74, 6) is 5.67. The first-order chi connectivity index (χ1) is 10.6. The zero-order valence-electron chi connectivity index (χ0n) is 14.2. The maximum absolute atomic E-state index is 12.5. The summed E-state index contributed by atoms with van der Waals surface area (Å²) in [6.45, 7) is 9.26. The van der Waals surface area contributed by atoms with E-state index in [0.717, 1.165) is 5.56 Å². The summed E-state index contributed by atoms with van der Waals surface area (Å²) < 4.78 is 5.49. The van der Waals surface area contributed by atoms with E-state index in [2.05, 4.69) is 16.8 Å². The number of aliphatic imine (C=N–C) groups is 1. The van der Waals surface area contributed by atoms with E-state index in [-0.39, 0.29) is 5.97 Å². The minimum absolute atomic E-state index is 0.378. The van der Waals surface area contributed by atoms with Crippen molar-refractivity contribution in [3.05, 3.63) is 41.0 Å². The number of nitrogens with zero attached hydrogens (tertiary/aromatic N) is 1. The van der Waals surface area contributed by atoms with Crippen LogP contribution in [-0.4, -0.2) is 23.3 Å². The summed E-state index contributed by atoms with van der Waals surface area (Å²) in [5.41, 5.74) is 7.07. The number of carbonyl (C=O) groups is 1. The number of ether oxygens (including phenoxy) is 1. The lowest BCUT2D eigenvalue weighted by Gasteiger charge is -2.24. The van der Waals surface area contributed by atoms with Crippen molar-refractivity contribution in [1.29, 1.82) is 0 Å². The van der Waals surface area contributed by atoms with Gasteiger partial charge < -0.3 is 10.5 Å². The van der Waals surface area contributed by atoms with Crippen molar-refractivity contribution in [2.75, 3.05) is 5.73 Å². The largest absolute Gasteiger partial charge is 0.457 e. The van der Waals surface area contributed by atoms with E-state index >= 15 is 0 Å². The Morgan fingerprint density at radius 3 is 2.57 bits per heavy atom. The molecule has 1 aromatic carbocycles. The van der Waals surface area contributed by atoms with Crippen LogP contribution < -0.4 is 5.73 Å². The van der Waals surface area contributed by atoms with Crippen LogP contribution in [0.15, 0.2) is 40.4 Å². The SMILES string of the molecule is CC(C)(C)OC(=O)C1=C(C#Cc2cccc(N)c2)C=NC1(C)C. The first-order valence-corrected chi connectivity index (χ1v) is 7.49. The van der Waals surface area contributed by atoms with Crippen molar-refractivity contribution >= 4 is 17.9 Å². The predicted molar refractivity (Wildman–Crippen MR) is 93.2 cm³/mol. The molecule has 1 aliphatic rings. The molecule has 0 amide bonds. The Morgan fingerprint density at radius 2 is 1.96 bits per heavy atom. The second-order valence-electron chi connectivity index (χ2n) is 6.98. The van der Waals surface area contributed by atoms with Crippen LogP contribution in [-0.2, 0) is 9.53 Å². The van der Waals surface area contributed by atoms with E-state index in [0.29, 0.717) is 16.8 Å². The maximum Gasteiger partial charge on any atom is 0.338 e. The molecule has 2 rings (SSSR count). The average Bonchev–Trinajstić information content (AvgIpc) is 2.69. The van der Waals surface area contributed by atoms with Gasteiger partial charge in [-0.25, -0.2) is 4.79 Å². The molecule has 0 spiro atoms. The first-order valence-electron chi connectivity index (χ1n) is 7.49. The predicted octanol–water partition coefficient (Wildman–Crippen LogP) is 3.12. The average molecular weight is 310 g/mol. The van der Waals surface area contributed by atoms with Gasteiger partial charge in [0.25, 0.3) is 0 Å². The molecule has 0 bridgehead atoms. The van der Waals surface area contributed by atoms with E-state index in [4.69, 9.17) is 10.5 Å². The molecule has 0 unspecified atom stereocenters.